The summed E-state index contributed by atoms with van der Waals surface area (Å²) in [6, 6.07) is 2.64. The third-order valence-electron chi connectivity index (χ3n) is 1.27. The van der Waals surface area contributed by atoms with Crippen molar-refractivity contribution in [1.29, 1.82) is 0 Å². The van der Waals surface area contributed by atoms with Gasteiger partial charge < -0.3 is 5.11 Å². The van der Waals surface area contributed by atoms with Crippen molar-refractivity contribution in [1.82, 2.24) is 0 Å². The van der Waals surface area contributed by atoms with Gasteiger partial charge in [-0.3, -0.25) is 0 Å². The lowest BCUT2D eigenvalue weighted by molar-refractivity contribution is 0.0692. The van der Waals surface area contributed by atoms with Gasteiger partial charge >= 0.3 is 5.97 Å². The summed E-state index contributed by atoms with van der Waals surface area (Å²) in [7, 11) is 0. The zero-order valence-electron chi connectivity index (χ0n) is 5.64. The van der Waals surface area contributed by atoms with Crippen LogP contribution < -0.4 is 0 Å². The van der Waals surface area contributed by atoms with Crippen molar-refractivity contribution < 1.29 is 14.3 Å². The molecule has 5 heteroatoms. The van der Waals surface area contributed by atoms with E-state index in [0.29, 0.717) is 3.57 Å². The second-order valence-corrected chi connectivity index (χ2v) is 3.57. The Morgan fingerprint density at radius 2 is 2.17 bits per heavy atom. The summed E-state index contributed by atoms with van der Waals surface area (Å²) in [5.41, 5.74) is -0.402. The highest BCUT2D eigenvalue weighted by molar-refractivity contribution is 14.1. The molecule has 0 aliphatic heterocycles. The van der Waals surface area contributed by atoms with Gasteiger partial charge in [-0.1, -0.05) is 11.6 Å². The fourth-order valence-corrected chi connectivity index (χ4v) is 1.27. The van der Waals surface area contributed by atoms with E-state index in [9.17, 15) is 9.18 Å². The zero-order valence-corrected chi connectivity index (χ0v) is 8.56. The minimum Gasteiger partial charge on any atom is -0.478 e. The lowest BCUT2D eigenvalue weighted by atomic mass is 10.2. The first-order chi connectivity index (χ1) is 5.54. The smallest absolute Gasteiger partial charge is 0.338 e. The Balaban J connectivity index is 3.36. The van der Waals surface area contributed by atoms with Crippen molar-refractivity contribution in [2.24, 2.45) is 0 Å². The maximum Gasteiger partial charge on any atom is 0.338 e. The monoisotopic (exact) mass is 300 g/mol. The number of aromatic carboxylic acids is 1. The minimum absolute atomic E-state index is 0.143. The Morgan fingerprint density at radius 1 is 1.58 bits per heavy atom. The predicted molar refractivity (Wildman–Crippen MR) is 51.1 cm³/mol. The molecule has 0 saturated carbocycles. The molecule has 1 rings (SSSR count). The molecule has 0 saturated heterocycles. The van der Waals surface area contributed by atoms with Crippen molar-refractivity contribution in [3.05, 3.63) is 32.1 Å². The number of benzene rings is 1. The summed E-state index contributed by atoms with van der Waals surface area (Å²) in [5.74, 6) is -2.19. The predicted octanol–water partition coefficient (Wildman–Crippen LogP) is 2.78. The summed E-state index contributed by atoms with van der Waals surface area (Å²) in [4.78, 5) is 10.4. The van der Waals surface area contributed by atoms with Crippen LogP contribution in [0.15, 0.2) is 12.1 Å². The van der Waals surface area contributed by atoms with Gasteiger partial charge in [0.15, 0.2) is 5.82 Å². The summed E-state index contributed by atoms with van der Waals surface area (Å²) in [6.07, 6.45) is 0. The van der Waals surface area contributed by atoms with Crippen molar-refractivity contribution in [2.45, 2.75) is 0 Å². The molecule has 1 N–H and O–H groups in total. The van der Waals surface area contributed by atoms with E-state index in [-0.39, 0.29) is 5.02 Å². The van der Waals surface area contributed by atoms with Crippen LogP contribution in [-0.4, -0.2) is 11.1 Å². The largest absolute Gasteiger partial charge is 0.478 e. The van der Waals surface area contributed by atoms with Crippen LogP contribution in [0.25, 0.3) is 0 Å². The van der Waals surface area contributed by atoms with E-state index in [1.54, 1.807) is 0 Å². The van der Waals surface area contributed by atoms with Gasteiger partial charge in [0, 0.05) is 3.57 Å². The van der Waals surface area contributed by atoms with Gasteiger partial charge in [-0.05, 0) is 34.7 Å². The van der Waals surface area contributed by atoms with E-state index in [1.165, 1.54) is 12.1 Å². The Labute approximate surface area is 86.5 Å². The van der Waals surface area contributed by atoms with Crippen LogP contribution in [0, 0.1) is 9.39 Å². The number of carboxylic acids is 1. The van der Waals surface area contributed by atoms with Gasteiger partial charge in [0.25, 0.3) is 0 Å². The van der Waals surface area contributed by atoms with E-state index in [2.05, 4.69) is 0 Å². The molecule has 0 aliphatic rings. The molecule has 1 aromatic rings. The number of carbonyl (C=O) groups is 1. The lowest BCUT2D eigenvalue weighted by Crippen LogP contribution is -2.01. The number of rotatable bonds is 1. The second kappa shape index (κ2) is 3.57. The van der Waals surface area contributed by atoms with Crippen LogP contribution in [0.3, 0.4) is 0 Å². The molecular formula is C7H3ClFIO2. The average molecular weight is 300 g/mol. The molecule has 0 spiro atoms. The highest BCUT2D eigenvalue weighted by Crippen LogP contribution is 2.24. The highest BCUT2D eigenvalue weighted by Gasteiger charge is 2.14. The van der Waals surface area contributed by atoms with Gasteiger partial charge in [-0.15, -0.1) is 0 Å². The summed E-state index contributed by atoms with van der Waals surface area (Å²) >= 11 is 7.31. The number of halogens is 3. The Hall–Kier alpha value is -0.360. The van der Waals surface area contributed by atoms with Crippen LogP contribution in [0.4, 0.5) is 4.39 Å². The third-order valence-corrected chi connectivity index (χ3v) is 2.85. The van der Waals surface area contributed by atoms with E-state index < -0.39 is 17.3 Å². The van der Waals surface area contributed by atoms with Gasteiger partial charge in [0.2, 0.25) is 0 Å². The fraction of sp³-hybridized carbons (Fsp3) is 0. The summed E-state index contributed by atoms with van der Waals surface area (Å²) in [5, 5.41) is 8.34. The summed E-state index contributed by atoms with van der Waals surface area (Å²) in [6.45, 7) is 0. The molecule has 0 unspecified atom stereocenters. The van der Waals surface area contributed by atoms with Crippen molar-refractivity contribution in [2.75, 3.05) is 0 Å². The Kier molecular flexibility index (Phi) is 2.89. The first-order valence-corrected chi connectivity index (χ1v) is 4.36. The number of hydrogen-bond donors (Lipinski definition) is 1. The van der Waals surface area contributed by atoms with Gasteiger partial charge in [0.1, 0.15) is 0 Å². The molecule has 12 heavy (non-hydrogen) atoms. The van der Waals surface area contributed by atoms with Crippen LogP contribution in [0.1, 0.15) is 10.4 Å². The second-order valence-electron chi connectivity index (χ2n) is 2.03. The molecule has 0 bridgehead atoms. The molecule has 0 aromatic heterocycles. The zero-order chi connectivity index (χ0) is 9.30. The van der Waals surface area contributed by atoms with E-state index in [1.807, 2.05) is 22.6 Å². The molecule has 64 valence electrons. The molecule has 0 atom stereocenters. The van der Waals surface area contributed by atoms with Gasteiger partial charge in [-0.25, -0.2) is 9.18 Å². The molecule has 0 amide bonds. The maximum atomic E-state index is 13.0. The molecule has 0 aliphatic carbocycles. The molecule has 1 aromatic carbocycles. The quantitative estimate of drug-likeness (QED) is 0.639. The van der Waals surface area contributed by atoms with Crippen LogP contribution >= 0.6 is 34.2 Å². The van der Waals surface area contributed by atoms with E-state index >= 15 is 0 Å². The Bertz CT molecular complexity index is 340. The molecular weight excluding hydrogens is 297 g/mol. The molecule has 0 fully saturated rings. The normalized spacial score (nSPS) is 9.92. The van der Waals surface area contributed by atoms with E-state index in [4.69, 9.17) is 16.7 Å². The van der Waals surface area contributed by atoms with Gasteiger partial charge in [0.05, 0.1) is 10.6 Å². The number of hydrogen-bond acceptors (Lipinski definition) is 1. The first kappa shape index (κ1) is 9.73. The maximum absolute atomic E-state index is 13.0. The van der Waals surface area contributed by atoms with Crippen molar-refractivity contribution in [3.63, 3.8) is 0 Å². The first-order valence-electron chi connectivity index (χ1n) is 2.91. The minimum atomic E-state index is -1.31. The van der Waals surface area contributed by atoms with E-state index in [0.717, 1.165) is 0 Å². The fourth-order valence-electron chi connectivity index (χ4n) is 0.691. The third kappa shape index (κ3) is 1.69. The van der Waals surface area contributed by atoms with Crippen LogP contribution in [0.2, 0.25) is 5.02 Å². The SMILES string of the molecule is O=C(O)c1ccc(I)c(Cl)c1F. The molecule has 0 radical (unpaired) electrons. The van der Waals surface area contributed by atoms with Crippen molar-refractivity contribution in [3.8, 4) is 0 Å². The van der Waals surface area contributed by atoms with Crippen molar-refractivity contribution >= 4 is 40.2 Å². The van der Waals surface area contributed by atoms with Crippen LogP contribution in [0.5, 0.6) is 0 Å². The lowest BCUT2D eigenvalue weighted by Gasteiger charge is -2.00. The summed E-state index contributed by atoms with van der Waals surface area (Å²) < 4.78 is 13.5. The topological polar surface area (TPSA) is 37.3 Å². The van der Waals surface area contributed by atoms with Crippen LogP contribution in [-0.2, 0) is 0 Å². The number of carboxylic acid groups (broad SMARTS) is 1. The standard InChI is InChI=1S/C7H3ClFIO2/c8-5-4(10)2-1-3(6(5)9)7(11)12/h1-2H,(H,11,12). The Morgan fingerprint density at radius 3 is 2.67 bits per heavy atom. The molecule has 2 nitrogen and oxygen atoms in total. The highest BCUT2D eigenvalue weighted by atomic mass is 127. The average Bonchev–Trinajstić information content (AvgIpc) is 2.00. The molecule has 0 heterocycles. The van der Waals surface area contributed by atoms with Gasteiger partial charge in [-0.2, -0.15) is 0 Å².